The van der Waals surface area contributed by atoms with Gasteiger partial charge in [0.2, 0.25) is 0 Å². The van der Waals surface area contributed by atoms with E-state index in [-0.39, 0.29) is 18.9 Å². The Labute approximate surface area is 235 Å². The van der Waals surface area contributed by atoms with Gasteiger partial charge < -0.3 is 20.2 Å². The number of alkyl carbamates (subject to hydrolysis) is 1. The van der Waals surface area contributed by atoms with Gasteiger partial charge in [-0.15, -0.1) is 0 Å². The zero-order valence-electron chi connectivity index (χ0n) is 22.6. The number of benzene rings is 3. The Bertz CT molecular complexity index is 1530. The summed E-state index contributed by atoms with van der Waals surface area (Å²) in [5, 5.41) is 4.25. The van der Waals surface area contributed by atoms with Crippen LogP contribution in [0.2, 0.25) is 0 Å². The molecule has 0 radical (unpaired) electrons. The predicted molar refractivity (Wildman–Crippen MR) is 154 cm³/mol. The van der Waals surface area contributed by atoms with Crippen LogP contribution >= 0.6 is 0 Å². The van der Waals surface area contributed by atoms with E-state index < -0.39 is 46.8 Å². The van der Waals surface area contributed by atoms with E-state index in [1.54, 1.807) is 18.2 Å². The topological polar surface area (TPSA) is 141 Å². The Morgan fingerprint density at radius 2 is 1.57 bits per heavy atom. The van der Waals surface area contributed by atoms with Crippen LogP contribution in [0.25, 0.3) is 21.9 Å². The number of carbonyl (C=O) groups is 3. The molecule has 0 aliphatic carbocycles. The van der Waals surface area contributed by atoms with Gasteiger partial charge in [-0.2, -0.15) is 0 Å². The van der Waals surface area contributed by atoms with E-state index in [1.165, 1.54) is 6.92 Å². The molecule has 0 spiro atoms. The summed E-state index contributed by atoms with van der Waals surface area (Å²) in [6.45, 7) is 5.31. The highest BCUT2D eigenvalue weighted by Crippen LogP contribution is 2.29. The van der Waals surface area contributed by atoms with E-state index in [1.807, 2.05) is 68.4 Å². The summed E-state index contributed by atoms with van der Waals surface area (Å²) in [6, 6.07) is 18.2. The number of Topliss-reactive ketones (excluding diaryl/α,β-unsaturated/α-hetero) is 2. The van der Waals surface area contributed by atoms with Gasteiger partial charge in [-0.05, 0) is 49.1 Å². The van der Waals surface area contributed by atoms with Crippen molar-refractivity contribution < 1.29 is 27.7 Å². The molecule has 10 heteroatoms. The van der Waals surface area contributed by atoms with Gasteiger partial charge >= 0.3 is 6.09 Å². The average molecular weight is 564 g/mol. The van der Waals surface area contributed by atoms with E-state index in [0.717, 1.165) is 21.9 Å². The third kappa shape index (κ3) is 7.01. The largest absolute Gasteiger partial charge is 0.456 e. The molecule has 9 nitrogen and oxygen atoms in total. The lowest BCUT2D eigenvalue weighted by Gasteiger charge is -2.23. The lowest BCUT2D eigenvalue weighted by atomic mass is 9.93. The van der Waals surface area contributed by atoms with Crippen LogP contribution in [0.4, 0.5) is 4.79 Å². The fourth-order valence-corrected chi connectivity index (χ4v) is 5.35. The maximum Gasteiger partial charge on any atom is 0.408 e. The summed E-state index contributed by atoms with van der Waals surface area (Å²) < 4.78 is 26.9. The second-order valence-corrected chi connectivity index (χ2v) is 11.3. The number of rotatable bonds is 12. The minimum absolute atomic E-state index is 0.0302. The van der Waals surface area contributed by atoms with Crippen LogP contribution in [0.1, 0.15) is 32.8 Å². The van der Waals surface area contributed by atoms with Gasteiger partial charge in [0.15, 0.2) is 11.6 Å². The minimum atomic E-state index is -1.77. The van der Waals surface area contributed by atoms with Gasteiger partial charge in [0, 0.05) is 10.8 Å². The Morgan fingerprint density at radius 1 is 0.900 bits per heavy atom. The van der Waals surface area contributed by atoms with E-state index in [2.05, 4.69) is 10.0 Å². The molecule has 0 aliphatic heterocycles. The van der Waals surface area contributed by atoms with Crippen LogP contribution in [-0.2, 0) is 31.9 Å². The van der Waals surface area contributed by atoms with Crippen molar-refractivity contribution in [3.05, 3.63) is 78.4 Å². The number of hydrogen-bond acceptors (Lipinski definition) is 7. The molecule has 1 aromatic heterocycles. The first kappa shape index (κ1) is 29.1. The summed E-state index contributed by atoms with van der Waals surface area (Å²) >= 11 is 0. The number of ketones is 2. The number of para-hydroxylation sites is 1. The zero-order chi connectivity index (χ0) is 28.8. The molecule has 0 saturated heterocycles. The maximum absolute atomic E-state index is 13.2. The highest BCUT2D eigenvalue weighted by molar-refractivity contribution is 7.83. The number of furan rings is 1. The van der Waals surface area contributed by atoms with Crippen molar-refractivity contribution in [2.24, 2.45) is 11.7 Å². The number of carbonyl (C=O) groups excluding carboxylic acids is 3. The molecule has 40 heavy (non-hydrogen) atoms. The van der Waals surface area contributed by atoms with E-state index in [9.17, 15) is 18.6 Å². The van der Waals surface area contributed by atoms with Crippen LogP contribution in [0, 0.1) is 5.92 Å². The summed E-state index contributed by atoms with van der Waals surface area (Å²) in [5.74, 6) is -1.25. The average Bonchev–Trinajstić information content (AvgIpc) is 3.32. The Morgan fingerprint density at radius 3 is 2.30 bits per heavy atom. The van der Waals surface area contributed by atoms with E-state index in [0.29, 0.717) is 10.5 Å². The van der Waals surface area contributed by atoms with Gasteiger partial charge in [0.1, 0.15) is 34.8 Å². The molecule has 4 aromatic rings. The molecule has 0 fully saturated rings. The molecule has 2 unspecified atom stereocenters. The van der Waals surface area contributed by atoms with Crippen LogP contribution in [0.5, 0.6) is 0 Å². The first-order valence-electron chi connectivity index (χ1n) is 13.0. The number of amides is 1. The highest BCUT2D eigenvalue weighted by atomic mass is 32.2. The molecule has 0 aliphatic rings. The SMILES string of the molecule is CC(C)C[C@H](NC(=O)OCc1ccccc1)C(=O)[C@H](N)C(=O)C(C)NS(=O)c1ccc2oc3ccccc3c2c1. The summed E-state index contributed by atoms with van der Waals surface area (Å²) in [4.78, 5) is 39.2. The second-order valence-electron chi connectivity index (χ2n) is 10.0. The fraction of sp³-hybridized carbons (Fsp3) is 0.300. The van der Waals surface area contributed by atoms with Gasteiger partial charge in [-0.3, -0.25) is 9.59 Å². The molecule has 1 heterocycles. The van der Waals surface area contributed by atoms with Gasteiger partial charge in [0.25, 0.3) is 0 Å². The second kappa shape index (κ2) is 13.0. The molecule has 4 atom stereocenters. The lowest BCUT2D eigenvalue weighted by Crippen LogP contribution is -2.55. The molecule has 0 saturated carbocycles. The summed E-state index contributed by atoms with van der Waals surface area (Å²) in [6.07, 6.45) is -0.510. The van der Waals surface area contributed by atoms with Crippen LogP contribution < -0.4 is 15.8 Å². The molecule has 4 N–H and O–H groups in total. The minimum Gasteiger partial charge on any atom is -0.456 e. The van der Waals surface area contributed by atoms with Crippen molar-refractivity contribution in [3.63, 3.8) is 0 Å². The third-order valence-electron chi connectivity index (χ3n) is 6.44. The summed E-state index contributed by atoms with van der Waals surface area (Å²) in [5.41, 5.74) is 8.24. The zero-order valence-corrected chi connectivity index (χ0v) is 23.4. The van der Waals surface area contributed by atoms with Crippen LogP contribution in [0.15, 0.2) is 82.1 Å². The third-order valence-corrected chi connectivity index (χ3v) is 7.69. The van der Waals surface area contributed by atoms with Crippen LogP contribution in [0.3, 0.4) is 0 Å². The van der Waals surface area contributed by atoms with Crippen molar-refractivity contribution in [2.45, 2.75) is 56.8 Å². The Hall–Kier alpha value is -3.86. The van der Waals surface area contributed by atoms with Gasteiger partial charge in [-0.25, -0.2) is 13.7 Å². The summed E-state index contributed by atoms with van der Waals surface area (Å²) in [7, 11) is -1.77. The fourth-order valence-electron chi connectivity index (χ4n) is 4.36. The molecular weight excluding hydrogens is 530 g/mol. The lowest BCUT2D eigenvalue weighted by molar-refractivity contribution is -0.131. The van der Waals surface area contributed by atoms with Crippen molar-refractivity contribution >= 4 is 50.6 Å². The van der Waals surface area contributed by atoms with Crippen LogP contribution in [-0.4, -0.2) is 40.0 Å². The molecule has 0 bridgehead atoms. The van der Waals surface area contributed by atoms with Crippen molar-refractivity contribution in [1.82, 2.24) is 10.0 Å². The van der Waals surface area contributed by atoms with Crippen molar-refractivity contribution in [1.29, 1.82) is 0 Å². The molecule has 3 aromatic carbocycles. The van der Waals surface area contributed by atoms with E-state index in [4.69, 9.17) is 14.9 Å². The first-order chi connectivity index (χ1) is 19.1. The van der Waals surface area contributed by atoms with E-state index >= 15 is 0 Å². The number of fused-ring (bicyclic) bond motifs is 3. The number of ether oxygens (including phenoxy) is 1. The van der Waals surface area contributed by atoms with Gasteiger partial charge in [-0.1, -0.05) is 62.4 Å². The van der Waals surface area contributed by atoms with Gasteiger partial charge in [0.05, 0.1) is 17.0 Å². The van der Waals surface area contributed by atoms with Crippen molar-refractivity contribution in [3.8, 4) is 0 Å². The van der Waals surface area contributed by atoms with Crippen molar-refractivity contribution in [2.75, 3.05) is 0 Å². The number of nitrogens with one attached hydrogen (secondary N) is 2. The normalized spacial score (nSPS) is 14.5. The highest BCUT2D eigenvalue weighted by Gasteiger charge is 2.34. The number of hydrogen-bond donors (Lipinski definition) is 3. The first-order valence-corrected chi connectivity index (χ1v) is 14.2. The number of nitrogens with two attached hydrogens (primary N) is 1. The smallest absolute Gasteiger partial charge is 0.408 e. The standard InChI is InChI=1S/C30H33N3O6S/c1-18(2)15-24(32-30(36)38-17-20-9-5-4-6-10-20)29(35)27(31)28(34)19(3)33-40(37)21-13-14-26-23(16-21)22-11-7-8-12-25(22)39-26/h4-14,16,18-19,24,27,33H,15,17,31H2,1-3H3,(H,32,36)/t19?,24-,27+,40?/m0/s1. The molecule has 210 valence electrons. The predicted octanol–water partition coefficient (Wildman–Crippen LogP) is 4.39. The Balaban J connectivity index is 1.39. The molecule has 1 amide bonds. The monoisotopic (exact) mass is 563 g/mol. The maximum atomic E-state index is 13.2. The quantitative estimate of drug-likeness (QED) is 0.217. The molecular formula is C30H33N3O6S. The molecule has 4 rings (SSSR count). The Kier molecular flexibility index (Phi) is 9.46.